The molecule has 0 aliphatic heterocycles. The standard InChI is InChI=1S/C11H11FN4O/c1-16(7-10-14-4-5-15-10)11(17)8-2-3-13-9(12)6-8/h2-6H,7H2,1H3,(H,14,15). The lowest BCUT2D eigenvalue weighted by Gasteiger charge is -2.15. The number of carbonyl (C=O) groups is 1. The Morgan fingerprint density at radius 3 is 2.94 bits per heavy atom. The monoisotopic (exact) mass is 234 g/mol. The van der Waals surface area contributed by atoms with E-state index in [9.17, 15) is 9.18 Å². The van der Waals surface area contributed by atoms with Crippen LogP contribution in [0.5, 0.6) is 0 Å². The van der Waals surface area contributed by atoms with Gasteiger partial charge < -0.3 is 9.88 Å². The van der Waals surface area contributed by atoms with Gasteiger partial charge in [-0.25, -0.2) is 9.97 Å². The van der Waals surface area contributed by atoms with Crippen LogP contribution in [0.1, 0.15) is 16.2 Å². The Labute approximate surface area is 97.3 Å². The van der Waals surface area contributed by atoms with Gasteiger partial charge in [0.15, 0.2) is 0 Å². The molecule has 0 radical (unpaired) electrons. The lowest BCUT2D eigenvalue weighted by molar-refractivity contribution is 0.0781. The van der Waals surface area contributed by atoms with Crippen LogP contribution in [0.15, 0.2) is 30.7 Å². The van der Waals surface area contributed by atoms with Gasteiger partial charge in [0, 0.05) is 37.3 Å². The first kappa shape index (κ1) is 11.3. The topological polar surface area (TPSA) is 61.9 Å². The molecule has 5 nitrogen and oxygen atoms in total. The molecule has 0 fully saturated rings. The molecule has 2 aromatic heterocycles. The van der Waals surface area contributed by atoms with Crippen LogP contribution in [0.25, 0.3) is 0 Å². The number of nitrogens with one attached hydrogen (secondary N) is 1. The summed E-state index contributed by atoms with van der Waals surface area (Å²) in [6.45, 7) is 0.343. The highest BCUT2D eigenvalue weighted by molar-refractivity contribution is 5.93. The summed E-state index contributed by atoms with van der Waals surface area (Å²) in [5.41, 5.74) is 0.270. The normalized spacial score (nSPS) is 10.2. The second kappa shape index (κ2) is 4.73. The van der Waals surface area contributed by atoms with Gasteiger partial charge in [-0.15, -0.1) is 0 Å². The Morgan fingerprint density at radius 1 is 1.47 bits per heavy atom. The molecular formula is C11H11FN4O. The Balaban J connectivity index is 2.09. The van der Waals surface area contributed by atoms with Crippen LogP contribution in [-0.4, -0.2) is 32.8 Å². The first-order valence-electron chi connectivity index (χ1n) is 5.02. The summed E-state index contributed by atoms with van der Waals surface area (Å²) < 4.78 is 12.9. The Hall–Kier alpha value is -2.24. The average Bonchev–Trinajstić information content (AvgIpc) is 2.80. The Morgan fingerprint density at radius 2 is 2.29 bits per heavy atom. The van der Waals surface area contributed by atoms with Crippen molar-refractivity contribution in [2.45, 2.75) is 6.54 Å². The molecule has 2 rings (SSSR count). The predicted molar refractivity (Wildman–Crippen MR) is 58.6 cm³/mol. The van der Waals surface area contributed by atoms with E-state index in [4.69, 9.17) is 0 Å². The molecule has 0 atom stereocenters. The summed E-state index contributed by atoms with van der Waals surface area (Å²) in [6.07, 6.45) is 4.56. The smallest absolute Gasteiger partial charge is 0.254 e. The number of carbonyl (C=O) groups excluding carboxylic acids is 1. The molecule has 0 spiro atoms. The highest BCUT2D eigenvalue weighted by Gasteiger charge is 2.13. The van der Waals surface area contributed by atoms with Crippen LogP contribution in [0.4, 0.5) is 4.39 Å². The van der Waals surface area contributed by atoms with E-state index in [2.05, 4.69) is 15.0 Å². The van der Waals surface area contributed by atoms with Gasteiger partial charge in [-0.05, 0) is 6.07 Å². The van der Waals surface area contributed by atoms with Gasteiger partial charge in [-0.2, -0.15) is 4.39 Å². The molecule has 0 aromatic carbocycles. The van der Waals surface area contributed by atoms with E-state index >= 15 is 0 Å². The molecule has 0 saturated heterocycles. The van der Waals surface area contributed by atoms with E-state index in [1.807, 2.05) is 0 Å². The number of aromatic nitrogens is 3. The number of hydrogen-bond donors (Lipinski definition) is 1. The number of hydrogen-bond acceptors (Lipinski definition) is 3. The van der Waals surface area contributed by atoms with Crippen molar-refractivity contribution >= 4 is 5.91 Å². The molecule has 0 aliphatic rings. The summed E-state index contributed by atoms with van der Waals surface area (Å²) in [4.78, 5) is 23.7. The fraction of sp³-hybridized carbons (Fsp3) is 0.182. The quantitative estimate of drug-likeness (QED) is 0.812. The fourth-order valence-corrected chi connectivity index (χ4v) is 1.44. The predicted octanol–water partition coefficient (Wildman–Crippen LogP) is 1.22. The second-order valence-corrected chi connectivity index (χ2v) is 3.56. The molecule has 0 bridgehead atoms. The average molecular weight is 234 g/mol. The summed E-state index contributed by atoms with van der Waals surface area (Å²) in [5.74, 6) is -0.264. The maximum Gasteiger partial charge on any atom is 0.254 e. The van der Waals surface area contributed by atoms with Crippen LogP contribution in [0.2, 0.25) is 0 Å². The highest BCUT2D eigenvalue weighted by Crippen LogP contribution is 2.06. The number of nitrogens with zero attached hydrogens (tertiary/aromatic N) is 3. The van der Waals surface area contributed by atoms with Gasteiger partial charge in [0.1, 0.15) is 5.82 Å². The number of H-pyrrole nitrogens is 1. The van der Waals surface area contributed by atoms with Crippen molar-refractivity contribution in [3.8, 4) is 0 Å². The molecule has 6 heteroatoms. The summed E-state index contributed by atoms with van der Waals surface area (Å²) in [7, 11) is 1.63. The molecule has 0 unspecified atom stereocenters. The molecule has 2 aromatic rings. The van der Waals surface area contributed by atoms with E-state index in [-0.39, 0.29) is 11.5 Å². The number of amides is 1. The van der Waals surface area contributed by atoms with Gasteiger partial charge in [-0.3, -0.25) is 4.79 Å². The first-order chi connectivity index (χ1) is 8.16. The third-order valence-corrected chi connectivity index (χ3v) is 2.26. The van der Waals surface area contributed by atoms with Crippen molar-refractivity contribution < 1.29 is 9.18 Å². The zero-order valence-corrected chi connectivity index (χ0v) is 9.22. The van der Waals surface area contributed by atoms with Crippen molar-refractivity contribution in [1.82, 2.24) is 19.9 Å². The van der Waals surface area contributed by atoms with Gasteiger partial charge in [0.2, 0.25) is 5.95 Å². The van der Waals surface area contributed by atoms with E-state index in [0.717, 1.165) is 6.07 Å². The zero-order valence-electron chi connectivity index (χ0n) is 9.22. The van der Waals surface area contributed by atoms with Crippen LogP contribution >= 0.6 is 0 Å². The molecule has 0 saturated carbocycles. The lowest BCUT2D eigenvalue weighted by Crippen LogP contribution is -2.26. The van der Waals surface area contributed by atoms with E-state index < -0.39 is 5.95 Å². The maximum absolute atomic E-state index is 12.9. The molecule has 88 valence electrons. The van der Waals surface area contributed by atoms with Gasteiger partial charge >= 0.3 is 0 Å². The highest BCUT2D eigenvalue weighted by atomic mass is 19.1. The molecule has 1 amide bonds. The van der Waals surface area contributed by atoms with Crippen molar-refractivity contribution in [3.05, 3.63) is 48.1 Å². The Bertz CT molecular complexity index is 512. The van der Waals surface area contributed by atoms with Crippen molar-refractivity contribution in [3.63, 3.8) is 0 Å². The van der Waals surface area contributed by atoms with Gasteiger partial charge in [0.25, 0.3) is 5.91 Å². The van der Waals surface area contributed by atoms with Crippen molar-refractivity contribution in [2.24, 2.45) is 0 Å². The van der Waals surface area contributed by atoms with E-state index in [0.29, 0.717) is 12.4 Å². The summed E-state index contributed by atoms with van der Waals surface area (Å²) >= 11 is 0. The van der Waals surface area contributed by atoms with Crippen LogP contribution < -0.4 is 0 Å². The molecule has 1 N–H and O–H groups in total. The van der Waals surface area contributed by atoms with E-state index in [1.54, 1.807) is 19.4 Å². The number of imidazole rings is 1. The molecule has 0 aliphatic carbocycles. The minimum atomic E-state index is -0.665. The van der Waals surface area contributed by atoms with Crippen molar-refractivity contribution in [2.75, 3.05) is 7.05 Å². The van der Waals surface area contributed by atoms with Crippen LogP contribution in [0, 0.1) is 5.95 Å². The maximum atomic E-state index is 12.9. The minimum Gasteiger partial charge on any atom is -0.347 e. The summed E-state index contributed by atoms with van der Waals surface area (Å²) in [6, 6.07) is 2.59. The SMILES string of the molecule is CN(Cc1ncc[nH]1)C(=O)c1ccnc(F)c1. The molecular weight excluding hydrogens is 223 g/mol. The molecule has 2 heterocycles. The van der Waals surface area contributed by atoms with E-state index in [1.165, 1.54) is 17.2 Å². The third kappa shape index (κ3) is 2.66. The second-order valence-electron chi connectivity index (χ2n) is 3.56. The van der Waals surface area contributed by atoms with Gasteiger partial charge in [-0.1, -0.05) is 0 Å². The largest absolute Gasteiger partial charge is 0.347 e. The number of pyridine rings is 1. The summed E-state index contributed by atoms with van der Waals surface area (Å²) in [5, 5.41) is 0. The number of aromatic amines is 1. The first-order valence-corrected chi connectivity index (χ1v) is 5.02. The zero-order chi connectivity index (χ0) is 12.3. The van der Waals surface area contributed by atoms with Gasteiger partial charge in [0.05, 0.1) is 6.54 Å². The molecule has 17 heavy (non-hydrogen) atoms. The lowest BCUT2D eigenvalue weighted by atomic mass is 10.2. The fourth-order valence-electron chi connectivity index (χ4n) is 1.44. The third-order valence-electron chi connectivity index (χ3n) is 2.26. The van der Waals surface area contributed by atoms with Crippen LogP contribution in [-0.2, 0) is 6.54 Å². The Kier molecular flexibility index (Phi) is 3.13. The van der Waals surface area contributed by atoms with Crippen LogP contribution in [0.3, 0.4) is 0 Å². The minimum absolute atomic E-state index is 0.270. The number of rotatable bonds is 3. The van der Waals surface area contributed by atoms with Crippen molar-refractivity contribution in [1.29, 1.82) is 0 Å². The number of halogens is 1.